The van der Waals surface area contributed by atoms with Crippen molar-refractivity contribution < 1.29 is 13.6 Å². The second kappa shape index (κ2) is 5.03. The van der Waals surface area contributed by atoms with Crippen LogP contribution in [0.15, 0.2) is 0 Å². The van der Waals surface area contributed by atoms with Gasteiger partial charge < -0.3 is 9.05 Å². The van der Waals surface area contributed by atoms with E-state index >= 15 is 0 Å². The highest BCUT2D eigenvalue weighted by atomic mass is 31.2. The number of hydrogen-bond donors (Lipinski definition) is 0. The zero-order valence-corrected chi connectivity index (χ0v) is 12.3. The Morgan fingerprint density at radius 2 is 1.59 bits per heavy atom. The first kappa shape index (κ1) is 13.6. The van der Waals surface area contributed by atoms with Crippen LogP contribution < -0.4 is 0 Å². The summed E-state index contributed by atoms with van der Waals surface area (Å²) in [6, 6.07) is 0. The van der Waals surface area contributed by atoms with Crippen LogP contribution in [0.3, 0.4) is 0 Å². The first-order valence-corrected chi connectivity index (χ1v) is 8.48. The highest BCUT2D eigenvalue weighted by Crippen LogP contribution is 2.65. The van der Waals surface area contributed by atoms with Crippen molar-refractivity contribution in [3.8, 4) is 0 Å². The van der Waals surface area contributed by atoms with E-state index in [0.717, 1.165) is 12.3 Å². The van der Waals surface area contributed by atoms with E-state index in [-0.39, 0.29) is 17.9 Å². The average Bonchev–Trinajstić information content (AvgIpc) is 2.75. The number of hydrogen-bond acceptors (Lipinski definition) is 3. The van der Waals surface area contributed by atoms with Crippen molar-refractivity contribution >= 4 is 7.60 Å². The van der Waals surface area contributed by atoms with Crippen molar-refractivity contribution in [2.75, 3.05) is 0 Å². The number of fused-ring (bicyclic) bond motifs is 2. The summed E-state index contributed by atoms with van der Waals surface area (Å²) in [5.41, 5.74) is 0.158. The van der Waals surface area contributed by atoms with E-state index in [0.29, 0.717) is 5.92 Å². The van der Waals surface area contributed by atoms with Crippen LogP contribution >= 0.6 is 7.60 Å². The molecule has 2 fully saturated rings. The van der Waals surface area contributed by atoms with Crippen molar-refractivity contribution in [2.24, 2.45) is 11.8 Å². The monoisotopic (exact) mass is 260 g/mol. The first-order valence-electron chi connectivity index (χ1n) is 6.87. The van der Waals surface area contributed by atoms with Gasteiger partial charge in [-0.15, -0.1) is 0 Å². The van der Waals surface area contributed by atoms with E-state index in [1.807, 2.05) is 27.7 Å². The van der Waals surface area contributed by atoms with Gasteiger partial charge in [0.05, 0.1) is 17.9 Å². The summed E-state index contributed by atoms with van der Waals surface area (Å²) in [5, 5.41) is 0. The molecule has 0 heterocycles. The maximum atomic E-state index is 13.0. The Balaban J connectivity index is 2.12. The third-order valence-electron chi connectivity index (χ3n) is 3.82. The maximum absolute atomic E-state index is 13.0. The second-order valence-electron chi connectivity index (χ2n) is 6.09. The lowest BCUT2D eigenvalue weighted by molar-refractivity contribution is 0.131. The zero-order valence-electron chi connectivity index (χ0n) is 11.4. The molecule has 0 saturated heterocycles. The molecular weight excluding hydrogens is 235 g/mol. The first-order chi connectivity index (χ1) is 7.90. The Morgan fingerprint density at radius 3 is 1.94 bits per heavy atom. The van der Waals surface area contributed by atoms with Crippen LogP contribution in [0.25, 0.3) is 0 Å². The molecule has 0 aromatic carbocycles. The van der Waals surface area contributed by atoms with Gasteiger partial charge in [0.25, 0.3) is 0 Å². The Labute approximate surface area is 105 Å². The third-order valence-corrected chi connectivity index (χ3v) is 6.70. The van der Waals surface area contributed by atoms with Crippen molar-refractivity contribution in [1.29, 1.82) is 0 Å². The molecule has 100 valence electrons. The molecule has 2 saturated carbocycles. The van der Waals surface area contributed by atoms with E-state index in [1.54, 1.807) is 0 Å². The van der Waals surface area contributed by atoms with Gasteiger partial charge in [-0.2, -0.15) is 0 Å². The molecule has 0 aliphatic heterocycles. The summed E-state index contributed by atoms with van der Waals surface area (Å²) in [6.45, 7) is 7.74. The molecule has 2 aliphatic rings. The molecule has 3 unspecified atom stereocenters. The van der Waals surface area contributed by atoms with Gasteiger partial charge in [-0.25, -0.2) is 0 Å². The summed E-state index contributed by atoms with van der Waals surface area (Å²) in [6.07, 6.45) is 4.74. The van der Waals surface area contributed by atoms with Gasteiger partial charge in [-0.3, -0.25) is 4.57 Å². The molecule has 0 aromatic rings. The van der Waals surface area contributed by atoms with Gasteiger partial charge in [0, 0.05) is 0 Å². The standard InChI is InChI=1S/C13H25O3P/c1-9(2)15-17(14,16-10(3)4)13-8-11-5-6-12(13)7-11/h9-13H,5-8H2,1-4H3. The lowest BCUT2D eigenvalue weighted by Crippen LogP contribution is -2.23. The molecule has 2 aliphatic carbocycles. The van der Waals surface area contributed by atoms with Crippen LogP contribution in [-0.2, 0) is 13.6 Å². The molecule has 2 bridgehead atoms. The van der Waals surface area contributed by atoms with E-state index in [9.17, 15) is 4.57 Å². The average molecular weight is 260 g/mol. The lowest BCUT2D eigenvalue weighted by Gasteiger charge is -2.32. The summed E-state index contributed by atoms with van der Waals surface area (Å²) in [5.74, 6) is 1.34. The third kappa shape index (κ3) is 2.94. The highest BCUT2D eigenvalue weighted by molar-refractivity contribution is 7.54. The summed E-state index contributed by atoms with van der Waals surface area (Å²) >= 11 is 0. The zero-order chi connectivity index (χ0) is 12.6. The molecule has 3 atom stereocenters. The van der Waals surface area contributed by atoms with Crippen LogP contribution in [0.5, 0.6) is 0 Å². The Bertz CT molecular complexity index is 300. The van der Waals surface area contributed by atoms with Gasteiger partial charge in [-0.1, -0.05) is 6.42 Å². The largest absolute Gasteiger partial charge is 0.334 e. The van der Waals surface area contributed by atoms with E-state index in [1.165, 1.54) is 19.3 Å². The predicted octanol–water partition coefficient (Wildman–Crippen LogP) is 4.22. The van der Waals surface area contributed by atoms with Crippen LogP contribution in [0.1, 0.15) is 53.4 Å². The summed E-state index contributed by atoms with van der Waals surface area (Å²) < 4.78 is 24.4. The fourth-order valence-electron chi connectivity index (χ4n) is 3.37. The fraction of sp³-hybridized carbons (Fsp3) is 1.00. The lowest BCUT2D eigenvalue weighted by atomic mass is 10.0. The molecule has 0 N–H and O–H groups in total. The van der Waals surface area contributed by atoms with Gasteiger partial charge in [-0.05, 0) is 58.8 Å². The molecule has 2 rings (SSSR count). The van der Waals surface area contributed by atoms with Crippen LogP contribution in [0, 0.1) is 11.8 Å². The fourth-order valence-corrected chi connectivity index (χ4v) is 6.25. The quantitative estimate of drug-likeness (QED) is 0.694. The Kier molecular flexibility index (Phi) is 4.02. The summed E-state index contributed by atoms with van der Waals surface area (Å²) in [7, 11) is -2.92. The molecule has 4 heteroatoms. The van der Waals surface area contributed by atoms with Crippen molar-refractivity contribution in [3.63, 3.8) is 0 Å². The van der Waals surface area contributed by atoms with Gasteiger partial charge in [0.2, 0.25) is 0 Å². The smallest absolute Gasteiger partial charge is 0.306 e. The van der Waals surface area contributed by atoms with Crippen LogP contribution in [-0.4, -0.2) is 17.9 Å². The molecule has 0 amide bonds. The maximum Gasteiger partial charge on any atom is 0.334 e. The predicted molar refractivity (Wildman–Crippen MR) is 69.3 cm³/mol. The van der Waals surface area contributed by atoms with Crippen LogP contribution in [0.4, 0.5) is 0 Å². The van der Waals surface area contributed by atoms with Gasteiger partial charge in [0.15, 0.2) is 0 Å². The minimum absolute atomic E-state index is 0.0290. The van der Waals surface area contributed by atoms with E-state index in [4.69, 9.17) is 9.05 Å². The van der Waals surface area contributed by atoms with E-state index in [2.05, 4.69) is 0 Å². The van der Waals surface area contributed by atoms with Gasteiger partial charge in [0.1, 0.15) is 0 Å². The highest BCUT2D eigenvalue weighted by Gasteiger charge is 2.51. The number of rotatable bonds is 5. The van der Waals surface area contributed by atoms with Crippen molar-refractivity contribution in [3.05, 3.63) is 0 Å². The Hall–Kier alpha value is 0.150. The second-order valence-corrected chi connectivity index (χ2v) is 8.25. The minimum Gasteiger partial charge on any atom is -0.306 e. The normalized spacial score (nSPS) is 32.9. The Morgan fingerprint density at radius 1 is 1.00 bits per heavy atom. The summed E-state index contributed by atoms with van der Waals surface area (Å²) in [4.78, 5) is 0. The molecule has 0 radical (unpaired) electrons. The topological polar surface area (TPSA) is 35.5 Å². The molecule has 0 spiro atoms. The molecular formula is C13H25O3P. The van der Waals surface area contributed by atoms with Crippen LogP contribution in [0.2, 0.25) is 0 Å². The minimum atomic E-state index is -2.92. The molecule has 3 nitrogen and oxygen atoms in total. The molecule has 17 heavy (non-hydrogen) atoms. The van der Waals surface area contributed by atoms with Crippen molar-refractivity contribution in [2.45, 2.75) is 71.2 Å². The van der Waals surface area contributed by atoms with Gasteiger partial charge >= 0.3 is 7.60 Å². The molecule has 0 aromatic heterocycles. The SMILES string of the molecule is CC(C)OP(=O)(OC(C)C)C1CC2CCC1C2. The van der Waals surface area contributed by atoms with E-state index < -0.39 is 7.60 Å². The van der Waals surface area contributed by atoms with Crippen molar-refractivity contribution in [1.82, 2.24) is 0 Å².